The summed E-state index contributed by atoms with van der Waals surface area (Å²) in [4.78, 5) is 16.7. The smallest absolute Gasteiger partial charge is 0.298 e. The van der Waals surface area contributed by atoms with Crippen LogP contribution in [0.25, 0.3) is 0 Å². The molecule has 0 fully saturated rings. The lowest BCUT2D eigenvalue weighted by Gasteiger charge is -2.10. The maximum absolute atomic E-state index is 13.0. The number of furan rings is 1. The molecule has 4 rings (SSSR count). The van der Waals surface area contributed by atoms with Crippen LogP contribution in [0.1, 0.15) is 27.5 Å². The molecule has 4 aromatic rings. The third kappa shape index (κ3) is 5.26. The average molecular weight is 439 g/mol. The van der Waals surface area contributed by atoms with E-state index in [9.17, 15) is 9.18 Å². The van der Waals surface area contributed by atoms with Gasteiger partial charge in [0.05, 0.1) is 19.9 Å². The molecule has 0 bridgehead atoms. The maximum atomic E-state index is 13.0. The number of hydrogen-bond donors (Lipinski definition) is 1. The molecule has 1 N–H and O–H groups in total. The maximum Gasteiger partial charge on any atom is 0.298 e. The van der Waals surface area contributed by atoms with E-state index in [-0.39, 0.29) is 18.3 Å². The zero-order valence-electron chi connectivity index (χ0n) is 16.5. The van der Waals surface area contributed by atoms with Gasteiger partial charge in [-0.25, -0.2) is 4.39 Å². The quantitative estimate of drug-likeness (QED) is 0.432. The first-order valence-electron chi connectivity index (χ1n) is 9.34. The van der Waals surface area contributed by atoms with E-state index in [4.69, 9.17) is 13.9 Å². The van der Waals surface area contributed by atoms with Crippen LogP contribution in [-0.2, 0) is 13.0 Å². The SMILES string of the molecule is COc1cc(C(=O)NCc2ccco2)ccc1Oc1nc(Cc2ccc(F)cc2)ns1. The van der Waals surface area contributed by atoms with Crippen molar-refractivity contribution in [1.29, 1.82) is 0 Å². The van der Waals surface area contributed by atoms with E-state index in [0.29, 0.717) is 40.3 Å². The summed E-state index contributed by atoms with van der Waals surface area (Å²) in [6, 6.07) is 14.6. The number of benzene rings is 2. The molecule has 158 valence electrons. The first-order chi connectivity index (χ1) is 15.1. The molecule has 2 aromatic carbocycles. The van der Waals surface area contributed by atoms with Gasteiger partial charge in [-0.3, -0.25) is 4.79 Å². The Bertz CT molecular complexity index is 1160. The number of carbonyl (C=O) groups excluding carboxylic acids is 1. The Balaban J connectivity index is 1.42. The number of methoxy groups -OCH3 is 1. The van der Waals surface area contributed by atoms with Gasteiger partial charge in [0.2, 0.25) is 0 Å². The van der Waals surface area contributed by atoms with E-state index in [1.54, 1.807) is 48.7 Å². The van der Waals surface area contributed by atoms with Gasteiger partial charge in [0.25, 0.3) is 11.1 Å². The Morgan fingerprint density at radius 2 is 2.00 bits per heavy atom. The molecule has 0 saturated carbocycles. The van der Waals surface area contributed by atoms with Gasteiger partial charge >= 0.3 is 0 Å². The van der Waals surface area contributed by atoms with Crippen LogP contribution < -0.4 is 14.8 Å². The number of hydrogen-bond acceptors (Lipinski definition) is 7. The van der Waals surface area contributed by atoms with Crippen LogP contribution in [0.2, 0.25) is 0 Å². The standard InChI is InChI=1S/C22H18FN3O4S/c1-28-19-12-15(21(27)24-13-17-3-2-10-29-17)6-9-18(19)30-22-25-20(26-31-22)11-14-4-7-16(23)8-5-14/h2-10,12H,11,13H2,1H3,(H,24,27). The predicted octanol–water partition coefficient (Wildman–Crippen LogP) is 4.59. The second-order valence-electron chi connectivity index (χ2n) is 6.51. The number of carbonyl (C=O) groups is 1. The highest BCUT2D eigenvalue weighted by Gasteiger charge is 2.14. The van der Waals surface area contributed by atoms with Crippen molar-refractivity contribution in [3.05, 3.63) is 89.4 Å². The molecule has 31 heavy (non-hydrogen) atoms. The van der Waals surface area contributed by atoms with E-state index in [1.807, 2.05) is 0 Å². The Morgan fingerprint density at radius 1 is 1.16 bits per heavy atom. The summed E-state index contributed by atoms with van der Waals surface area (Å²) >= 11 is 1.10. The highest BCUT2D eigenvalue weighted by atomic mass is 32.1. The summed E-state index contributed by atoms with van der Waals surface area (Å²) in [7, 11) is 1.49. The fraction of sp³-hybridized carbons (Fsp3) is 0.136. The Morgan fingerprint density at radius 3 is 2.74 bits per heavy atom. The van der Waals surface area contributed by atoms with Crippen molar-refractivity contribution in [2.45, 2.75) is 13.0 Å². The van der Waals surface area contributed by atoms with Crippen LogP contribution in [0, 0.1) is 5.82 Å². The normalized spacial score (nSPS) is 10.6. The molecule has 0 radical (unpaired) electrons. The van der Waals surface area contributed by atoms with Gasteiger partial charge in [-0.15, -0.1) is 0 Å². The average Bonchev–Trinajstić information content (AvgIpc) is 3.46. The summed E-state index contributed by atoms with van der Waals surface area (Å²) in [6.07, 6.45) is 2.02. The van der Waals surface area contributed by atoms with Crippen LogP contribution >= 0.6 is 11.5 Å². The molecule has 0 aliphatic carbocycles. The molecule has 0 spiro atoms. The molecule has 7 nitrogen and oxygen atoms in total. The van der Waals surface area contributed by atoms with E-state index in [2.05, 4.69) is 14.7 Å². The van der Waals surface area contributed by atoms with Crippen LogP contribution in [-0.4, -0.2) is 22.4 Å². The van der Waals surface area contributed by atoms with Gasteiger partial charge in [-0.2, -0.15) is 9.36 Å². The molecule has 0 aliphatic rings. The van der Waals surface area contributed by atoms with E-state index in [1.165, 1.54) is 19.2 Å². The number of aromatic nitrogens is 2. The van der Waals surface area contributed by atoms with E-state index >= 15 is 0 Å². The molecular formula is C22H18FN3O4S. The monoisotopic (exact) mass is 439 g/mol. The topological polar surface area (TPSA) is 86.5 Å². The molecule has 0 saturated heterocycles. The van der Waals surface area contributed by atoms with Crippen molar-refractivity contribution in [2.24, 2.45) is 0 Å². The molecule has 0 aliphatic heterocycles. The lowest BCUT2D eigenvalue weighted by atomic mass is 10.1. The minimum absolute atomic E-state index is 0.265. The van der Waals surface area contributed by atoms with Crippen LogP contribution in [0.4, 0.5) is 4.39 Å². The van der Waals surface area contributed by atoms with Crippen molar-refractivity contribution >= 4 is 17.4 Å². The fourth-order valence-electron chi connectivity index (χ4n) is 2.81. The second kappa shape index (κ2) is 9.40. The van der Waals surface area contributed by atoms with Gasteiger partial charge in [0.15, 0.2) is 17.3 Å². The summed E-state index contributed by atoms with van der Waals surface area (Å²) in [6.45, 7) is 0.286. The minimum atomic E-state index is -0.288. The number of halogens is 1. The summed E-state index contributed by atoms with van der Waals surface area (Å²) < 4.78 is 33.7. The molecule has 1 amide bonds. The van der Waals surface area contributed by atoms with Crippen molar-refractivity contribution in [3.8, 4) is 16.7 Å². The van der Waals surface area contributed by atoms with Crippen molar-refractivity contribution < 1.29 is 23.1 Å². The third-order valence-corrected chi connectivity index (χ3v) is 4.98. The van der Waals surface area contributed by atoms with Crippen LogP contribution in [0.3, 0.4) is 0 Å². The third-order valence-electron chi connectivity index (χ3n) is 4.35. The first kappa shape index (κ1) is 20.5. The van der Waals surface area contributed by atoms with E-state index < -0.39 is 0 Å². The lowest BCUT2D eigenvalue weighted by molar-refractivity contribution is 0.0947. The number of amides is 1. The van der Waals surface area contributed by atoms with Crippen molar-refractivity contribution in [2.75, 3.05) is 7.11 Å². The first-order valence-corrected chi connectivity index (χ1v) is 10.1. The van der Waals surface area contributed by atoms with Crippen LogP contribution in [0.15, 0.2) is 65.3 Å². The van der Waals surface area contributed by atoms with Gasteiger partial charge in [-0.05, 0) is 48.0 Å². The Labute approximate surface area is 181 Å². The predicted molar refractivity (Wildman–Crippen MR) is 112 cm³/mol. The molecule has 0 atom stereocenters. The molecule has 9 heteroatoms. The number of nitrogens with zero attached hydrogens (tertiary/aromatic N) is 2. The molecular weight excluding hydrogens is 421 g/mol. The number of rotatable bonds is 8. The van der Waals surface area contributed by atoms with Gasteiger partial charge in [-0.1, -0.05) is 12.1 Å². The molecule has 2 heterocycles. The summed E-state index contributed by atoms with van der Waals surface area (Å²) in [5.74, 6) is 1.48. The van der Waals surface area contributed by atoms with E-state index in [0.717, 1.165) is 17.1 Å². The van der Waals surface area contributed by atoms with Crippen molar-refractivity contribution in [1.82, 2.24) is 14.7 Å². The van der Waals surface area contributed by atoms with Gasteiger partial charge in [0.1, 0.15) is 11.6 Å². The molecule has 2 aromatic heterocycles. The largest absolute Gasteiger partial charge is 0.493 e. The highest BCUT2D eigenvalue weighted by Crippen LogP contribution is 2.33. The van der Waals surface area contributed by atoms with Gasteiger partial charge < -0.3 is 19.2 Å². The highest BCUT2D eigenvalue weighted by molar-refractivity contribution is 7.07. The zero-order chi connectivity index (χ0) is 21.6. The number of nitrogens with one attached hydrogen (secondary N) is 1. The van der Waals surface area contributed by atoms with Crippen LogP contribution in [0.5, 0.6) is 16.7 Å². The fourth-order valence-corrected chi connectivity index (χ4v) is 3.37. The lowest BCUT2D eigenvalue weighted by Crippen LogP contribution is -2.22. The summed E-state index contributed by atoms with van der Waals surface area (Å²) in [5.41, 5.74) is 1.32. The van der Waals surface area contributed by atoms with Gasteiger partial charge in [0, 0.05) is 23.5 Å². The number of ether oxygens (including phenoxy) is 2. The second-order valence-corrected chi connectivity index (χ2v) is 7.22. The Hall–Kier alpha value is -3.72. The van der Waals surface area contributed by atoms with Crippen molar-refractivity contribution in [3.63, 3.8) is 0 Å². The molecule has 0 unspecified atom stereocenters. The Kier molecular flexibility index (Phi) is 6.23. The zero-order valence-corrected chi connectivity index (χ0v) is 17.3. The summed E-state index contributed by atoms with van der Waals surface area (Å²) in [5, 5.41) is 3.12. The minimum Gasteiger partial charge on any atom is -0.493 e.